The summed E-state index contributed by atoms with van der Waals surface area (Å²) >= 11 is 1.86. The van der Waals surface area contributed by atoms with Crippen LogP contribution in [0.25, 0.3) is 81.4 Å². The molecule has 0 saturated heterocycles. The SMILES string of the molecule is c1ccc(-c2ccc(N(c3ccc(-c4ccccc4)cc3)c3ccc4c(c3)sc3cc(-n5c(-c6ccccc6)c(-c6ccccc6)c6ccccc65)ccc34)cc2)cc1. The largest absolute Gasteiger partial charge is 0.310 e. The third-order valence-electron chi connectivity index (χ3n) is 11.4. The Morgan fingerprint density at radius 2 is 0.763 bits per heavy atom. The van der Waals surface area contributed by atoms with Crippen LogP contribution in [0.5, 0.6) is 0 Å². The molecule has 0 spiro atoms. The van der Waals surface area contributed by atoms with E-state index in [-0.39, 0.29) is 0 Å². The number of para-hydroxylation sites is 1. The molecule has 2 aromatic heterocycles. The van der Waals surface area contributed by atoms with Crippen LogP contribution in [0.2, 0.25) is 0 Å². The van der Waals surface area contributed by atoms with E-state index in [0.29, 0.717) is 0 Å². The topological polar surface area (TPSA) is 8.17 Å². The number of aromatic nitrogens is 1. The van der Waals surface area contributed by atoms with E-state index in [1.54, 1.807) is 0 Å². The molecule has 0 amide bonds. The smallest absolute Gasteiger partial charge is 0.0619 e. The maximum Gasteiger partial charge on any atom is 0.0619 e. The summed E-state index contributed by atoms with van der Waals surface area (Å²) in [5, 5.41) is 3.78. The molecular weight excluding hydrogens is 733 g/mol. The van der Waals surface area contributed by atoms with Gasteiger partial charge < -0.3 is 9.47 Å². The van der Waals surface area contributed by atoms with Gasteiger partial charge >= 0.3 is 0 Å². The van der Waals surface area contributed by atoms with E-state index in [2.05, 4.69) is 240 Å². The minimum atomic E-state index is 1.11. The third kappa shape index (κ3) is 6.29. The highest BCUT2D eigenvalue weighted by Crippen LogP contribution is 2.45. The van der Waals surface area contributed by atoms with Crippen molar-refractivity contribution in [2.45, 2.75) is 0 Å². The molecule has 0 aliphatic heterocycles. The Balaban J connectivity index is 1.05. The van der Waals surface area contributed by atoms with E-state index in [0.717, 1.165) is 22.7 Å². The van der Waals surface area contributed by atoms with Crippen LogP contribution in [0.15, 0.2) is 231 Å². The molecule has 0 saturated carbocycles. The van der Waals surface area contributed by atoms with Crippen molar-refractivity contribution in [2.24, 2.45) is 0 Å². The van der Waals surface area contributed by atoms with Crippen molar-refractivity contribution < 1.29 is 0 Å². The Kier molecular flexibility index (Phi) is 8.72. The lowest BCUT2D eigenvalue weighted by Gasteiger charge is -2.26. The fourth-order valence-electron chi connectivity index (χ4n) is 8.62. The van der Waals surface area contributed by atoms with E-state index in [1.165, 1.54) is 75.7 Å². The second kappa shape index (κ2) is 14.8. The molecule has 0 N–H and O–H groups in total. The molecule has 2 heterocycles. The lowest BCUT2D eigenvalue weighted by atomic mass is 9.98. The van der Waals surface area contributed by atoms with Crippen molar-refractivity contribution in [2.75, 3.05) is 4.90 Å². The Hall–Kier alpha value is -7.46. The number of benzene rings is 9. The van der Waals surface area contributed by atoms with Gasteiger partial charge in [0.05, 0.1) is 11.2 Å². The second-order valence-electron chi connectivity index (χ2n) is 14.9. The van der Waals surface area contributed by atoms with Crippen molar-refractivity contribution >= 4 is 59.5 Å². The van der Waals surface area contributed by atoms with Crippen LogP contribution in [-0.4, -0.2) is 4.57 Å². The molecule has 0 atom stereocenters. The summed E-state index contributed by atoms with van der Waals surface area (Å²) < 4.78 is 4.98. The molecule has 59 heavy (non-hydrogen) atoms. The molecule has 3 heteroatoms. The van der Waals surface area contributed by atoms with E-state index < -0.39 is 0 Å². The third-order valence-corrected chi connectivity index (χ3v) is 12.5. The highest BCUT2D eigenvalue weighted by Gasteiger charge is 2.22. The maximum atomic E-state index is 2.46. The summed E-state index contributed by atoms with van der Waals surface area (Å²) in [6.45, 7) is 0. The standard InChI is InChI=1S/C56H38N2S/c1-5-15-39(16-6-1)41-25-29-45(30-26-41)57(46-31-27-42(28-32-46)40-17-7-2-8-18-40)47-33-35-49-50-36-34-48(38-54(50)59-53(49)37-47)58-52-24-14-13-23-51(52)55(43-19-9-3-10-20-43)56(58)44-21-11-4-12-22-44/h1-38H. The summed E-state index contributed by atoms with van der Waals surface area (Å²) in [6, 6.07) is 83.5. The molecule has 9 aromatic carbocycles. The zero-order valence-corrected chi connectivity index (χ0v) is 33.1. The molecule has 0 fully saturated rings. The number of hydrogen-bond donors (Lipinski definition) is 0. The first-order chi connectivity index (χ1) is 29.3. The highest BCUT2D eigenvalue weighted by molar-refractivity contribution is 7.25. The predicted molar refractivity (Wildman–Crippen MR) is 253 cm³/mol. The van der Waals surface area contributed by atoms with Gasteiger partial charge in [-0.2, -0.15) is 0 Å². The molecule has 2 nitrogen and oxygen atoms in total. The fourth-order valence-corrected chi connectivity index (χ4v) is 9.79. The molecule has 0 bridgehead atoms. The van der Waals surface area contributed by atoms with Crippen LogP contribution in [0.3, 0.4) is 0 Å². The number of nitrogens with zero attached hydrogens (tertiary/aromatic N) is 2. The minimum absolute atomic E-state index is 1.11. The van der Waals surface area contributed by atoms with Crippen LogP contribution in [0, 0.1) is 0 Å². The average molecular weight is 771 g/mol. The van der Waals surface area contributed by atoms with Gasteiger partial charge in [-0.15, -0.1) is 11.3 Å². The van der Waals surface area contributed by atoms with E-state index >= 15 is 0 Å². The van der Waals surface area contributed by atoms with Crippen LogP contribution in [0.4, 0.5) is 17.1 Å². The fraction of sp³-hybridized carbons (Fsp3) is 0. The molecule has 0 aliphatic rings. The van der Waals surface area contributed by atoms with Crippen LogP contribution in [0.1, 0.15) is 0 Å². The normalized spacial score (nSPS) is 11.4. The Morgan fingerprint density at radius 3 is 1.34 bits per heavy atom. The lowest BCUT2D eigenvalue weighted by molar-refractivity contribution is 1.14. The highest BCUT2D eigenvalue weighted by atomic mass is 32.1. The predicted octanol–water partition coefficient (Wildman–Crippen LogP) is 16.1. The van der Waals surface area contributed by atoms with Crippen LogP contribution in [-0.2, 0) is 0 Å². The number of anilines is 3. The van der Waals surface area contributed by atoms with Crippen molar-refractivity contribution in [1.29, 1.82) is 0 Å². The molecule has 0 unspecified atom stereocenters. The lowest BCUT2D eigenvalue weighted by Crippen LogP contribution is -2.09. The molecular formula is C56H38N2S. The summed E-state index contributed by atoms with van der Waals surface area (Å²) in [5.74, 6) is 0. The quantitative estimate of drug-likeness (QED) is 0.149. The van der Waals surface area contributed by atoms with Crippen molar-refractivity contribution in [3.05, 3.63) is 231 Å². The summed E-state index contributed by atoms with van der Waals surface area (Å²) in [7, 11) is 0. The summed E-state index contributed by atoms with van der Waals surface area (Å²) in [6.07, 6.45) is 0. The van der Waals surface area contributed by atoms with Crippen LogP contribution < -0.4 is 4.90 Å². The van der Waals surface area contributed by atoms with Gasteiger partial charge in [-0.1, -0.05) is 176 Å². The van der Waals surface area contributed by atoms with E-state index in [9.17, 15) is 0 Å². The Labute approximate surface area is 348 Å². The summed E-state index contributed by atoms with van der Waals surface area (Å²) in [4.78, 5) is 2.38. The van der Waals surface area contributed by atoms with Gasteiger partial charge in [0.1, 0.15) is 0 Å². The second-order valence-corrected chi connectivity index (χ2v) is 16.0. The molecule has 0 aliphatic carbocycles. The monoisotopic (exact) mass is 770 g/mol. The van der Waals surface area contributed by atoms with Crippen molar-refractivity contribution in [1.82, 2.24) is 4.57 Å². The number of fused-ring (bicyclic) bond motifs is 4. The number of rotatable bonds is 8. The maximum absolute atomic E-state index is 2.46. The Bertz CT molecular complexity index is 3140. The zero-order chi connectivity index (χ0) is 39.1. The van der Waals surface area contributed by atoms with Gasteiger partial charge in [0.15, 0.2) is 0 Å². The van der Waals surface area contributed by atoms with E-state index in [1.807, 2.05) is 11.3 Å². The molecule has 11 rings (SSSR count). The van der Waals surface area contributed by atoms with Gasteiger partial charge in [0.25, 0.3) is 0 Å². The van der Waals surface area contributed by atoms with Gasteiger partial charge in [-0.25, -0.2) is 0 Å². The zero-order valence-electron chi connectivity index (χ0n) is 32.2. The van der Waals surface area contributed by atoms with Crippen molar-refractivity contribution in [3.63, 3.8) is 0 Å². The number of thiophene rings is 1. The first-order valence-corrected chi connectivity index (χ1v) is 20.9. The number of hydrogen-bond acceptors (Lipinski definition) is 2. The average Bonchev–Trinajstić information content (AvgIpc) is 3.86. The van der Waals surface area contributed by atoms with Crippen molar-refractivity contribution in [3.8, 4) is 50.3 Å². The Morgan fingerprint density at radius 1 is 0.322 bits per heavy atom. The molecule has 278 valence electrons. The first kappa shape index (κ1) is 34.8. The van der Waals surface area contributed by atoms with E-state index in [4.69, 9.17) is 0 Å². The minimum Gasteiger partial charge on any atom is -0.310 e. The van der Waals surface area contributed by atoms with Crippen LogP contribution >= 0.6 is 11.3 Å². The molecule has 11 aromatic rings. The molecule has 0 radical (unpaired) electrons. The summed E-state index contributed by atoms with van der Waals surface area (Å²) in [5.41, 5.74) is 15.4. The van der Waals surface area contributed by atoms with Gasteiger partial charge in [0, 0.05) is 53.9 Å². The van der Waals surface area contributed by atoms with Gasteiger partial charge in [-0.3, -0.25) is 0 Å². The van der Waals surface area contributed by atoms with Gasteiger partial charge in [-0.05, 0) is 88.0 Å². The van der Waals surface area contributed by atoms with Gasteiger partial charge in [0.2, 0.25) is 0 Å². The first-order valence-electron chi connectivity index (χ1n) is 20.1.